The van der Waals surface area contributed by atoms with Gasteiger partial charge < -0.3 is 19.1 Å². The molecule has 2 saturated heterocycles. The average Bonchev–Trinajstić information content (AvgIpc) is 2.62. The van der Waals surface area contributed by atoms with Gasteiger partial charge in [0.2, 0.25) is 0 Å². The summed E-state index contributed by atoms with van der Waals surface area (Å²) in [6, 6.07) is 7.29. The van der Waals surface area contributed by atoms with Gasteiger partial charge in [0.05, 0.1) is 6.61 Å². The largest absolute Gasteiger partial charge is 0.494 e. The van der Waals surface area contributed by atoms with Crippen molar-refractivity contribution >= 4 is 18.0 Å². The molecule has 6 heteroatoms. The number of cyclic esters (lactones) is 2. The molecule has 6 nitrogen and oxygen atoms in total. The van der Waals surface area contributed by atoms with Gasteiger partial charge in [-0.05, 0) is 56.1 Å². The zero-order valence-corrected chi connectivity index (χ0v) is 16.0. The summed E-state index contributed by atoms with van der Waals surface area (Å²) in [7, 11) is 0. The summed E-state index contributed by atoms with van der Waals surface area (Å²) in [5.74, 6) is -1.88. The fraction of sp³-hybridized carbons (Fsp3) is 0.524. The Hall–Kier alpha value is -2.34. The van der Waals surface area contributed by atoms with E-state index in [0.29, 0.717) is 17.9 Å². The maximum absolute atomic E-state index is 12.0. The highest BCUT2D eigenvalue weighted by atomic mass is 16.7. The summed E-state index contributed by atoms with van der Waals surface area (Å²) in [5.41, 5.74) is 0.573. The van der Waals surface area contributed by atoms with Crippen LogP contribution in [0.4, 0.5) is 0 Å². The van der Waals surface area contributed by atoms with E-state index in [2.05, 4.69) is 4.90 Å². The third kappa shape index (κ3) is 5.57. The van der Waals surface area contributed by atoms with Gasteiger partial charge in [-0.2, -0.15) is 0 Å². The normalized spacial score (nSPS) is 20.0. The van der Waals surface area contributed by atoms with Crippen LogP contribution in [-0.2, 0) is 19.1 Å². The molecular weight excluding hydrogens is 346 g/mol. The number of ether oxygens (including phenoxy) is 3. The molecule has 0 bridgehead atoms. The molecule has 0 saturated carbocycles. The number of rotatable bonds is 6. The lowest BCUT2D eigenvalue weighted by Gasteiger charge is -2.29. The summed E-state index contributed by atoms with van der Waals surface area (Å²) in [4.78, 5) is 26.6. The SMILES string of the molecule is CC1(C)OC(=O)C(=Cc2cccc(OCCCN3CCCCC3)c2)C(=O)O1. The van der Waals surface area contributed by atoms with E-state index in [1.807, 2.05) is 12.1 Å². The van der Waals surface area contributed by atoms with Crippen LogP contribution in [0.1, 0.15) is 45.1 Å². The highest BCUT2D eigenvalue weighted by Crippen LogP contribution is 2.25. The van der Waals surface area contributed by atoms with Crippen LogP contribution >= 0.6 is 0 Å². The molecule has 0 spiro atoms. The summed E-state index contributed by atoms with van der Waals surface area (Å²) < 4.78 is 16.0. The lowest BCUT2D eigenvalue weighted by atomic mass is 10.1. The molecule has 0 radical (unpaired) electrons. The van der Waals surface area contributed by atoms with Crippen molar-refractivity contribution in [2.24, 2.45) is 0 Å². The molecule has 27 heavy (non-hydrogen) atoms. The minimum Gasteiger partial charge on any atom is -0.494 e. The van der Waals surface area contributed by atoms with E-state index in [1.165, 1.54) is 52.3 Å². The van der Waals surface area contributed by atoms with Gasteiger partial charge in [0, 0.05) is 20.4 Å². The van der Waals surface area contributed by atoms with Crippen molar-refractivity contribution < 1.29 is 23.8 Å². The third-order valence-corrected chi connectivity index (χ3v) is 4.62. The molecule has 1 aromatic rings. The Morgan fingerprint density at radius 2 is 1.81 bits per heavy atom. The molecular formula is C21H27NO5. The second kappa shape index (κ2) is 8.57. The Morgan fingerprint density at radius 1 is 1.11 bits per heavy atom. The van der Waals surface area contributed by atoms with Crippen LogP contribution in [0, 0.1) is 0 Å². The maximum atomic E-state index is 12.0. The van der Waals surface area contributed by atoms with Crippen LogP contribution in [0.5, 0.6) is 5.75 Å². The fourth-order valence-corrected chi connectivity index (χ4v) is 3.30. The van der Waals surface area contributed by atoms with Crippen molar-refractivity contribution in [1.82, 2.24) is 4.90 Å². The van der Waals surface area contributed by atoms with Gasteiger partial charge in [0.25, 0.3) is 5.79 Å². The first-order valence-electron chi connectivity index (χ1n) is 9.56. The van der Waals surface area contributed by atoms with E-state index >= 15 is 0 Å². The number of esters is 2. The molecule has 2 aliphatic heterocycles. The molecule has 0 amide bonds. The maximum Gasteiger partial charge on any atom is 0.348 e. The molecule has 0 N–H and O–H groups in total. The van der Waals surface area contributed by atoms with E-state index in [1.54, 1.807) is 12.1 Å². The number of benzene rings is 1. The zero-order chi connectivity index (χ0) is 19.3. The third-order valence-electron chi connectivity index (χ3n) is 4.62. The minimum atomic E-state index is -1.23. The Bertz CT molecular complexity index is 697. The minimum absolute atomic E-state index is 0.114. The van der Waals surface area contributed by atoms with Crippen LogP contribution in [0.25, 0.3) is 6.08 Å². The van der Waals surface area contributed by atoms with Gasteiger partial charge in [0.1, 0.15) is 11.3 Å². The molecule has 0 aromatic heterocycles. The van der Waals surface area contributed by atoms with Crippen molar-refractivity contribution in [1.29, 1.82) is 0 Å². The lowest BCUT2D eigenvalue weighted by molar-refractivity contribution is -0.222. The standard InChI is InChI=1S/C21H27NO5/c1-21(2)26-19(23)18(20(24)27-21)15-16-8-6-9-17(14-16)25-13-7-12-22-10-4-3-5-11-22/h6,8-9,14-15H,3-5,7,10-13H2,1-2H3. The predicted molar refractivity (Wildman–Crippen MR) is 101 cm³/mol. The monoisotopic (exact) mass is 373 g/mol. The van der Waals surface area contributed by atoms with Crippen LogP contribution in [0.2, 0.25) is 0 Å². The first-order valence-corrected chi connectivity index (χ1v) is 9.56. The Labute approximate surface area is 160 Å². The van der Waals surface area contributed by atoms with E-state index in [9.17, 15) is 9.59 Å². The quantitative estimate of drug-likeness (QED) is 0.330. The van der Waals surface area contributed by atoms with Crippen molar-refractivity contribution in [2.75, 3.05) is 26.2 Å². The fourth-order valence-electron chi connectivity index (χ4n) is 3.30. The van der Waals surface area contributed by atoms with Crippen LogP contribution in [0.3, 0.4) is 0 Å². The second-order valence-electron chi connectivity index (χ2n) is 7.41. The molecule has 2 aliphatic rings. The van der Waals surface area contributed by atoms with Crippen LogP contribution in [0.15, 0.2) is 29.8 Å². The molecule has 0 atom stereocenters. The highest BCUT2D eigenvalue weighted by Gasteiger charge is 2.38. The van der Waals surface area contributed by atoms with Crippen molar-refractivity contribution in [3.63, 3.8) is 0 Å². The number of likely N-dealkylation sites (tertiary alicyclic amines) is 1. The smallest absolute Gasteiger partial charge is 0.348 e. The number of carbonyl (C=O) groups excluding carboxylic acids is 2. The molecule has 0 unspecified atom stereocenters. The van der Waals surface area contributed by atoms with Crippen LogP contribution in [-0.4, -0.2) is 48.9 Å². The highest BCUT2D eigenvalue weighted by molar-refractivity contribution is 6.18. The van der Waals surface area contributed by atoms with Gasteiger partial charge in [-0.3, -0.25) is 0 Å². The summed E-state index contributed by atoms with van der Waals surface area (Å²) in [6.07, 6.45) is 6.37. The first kappa shape index (κ1) is 19.4. The average molecular weight is 373 g/mol. The molecule has 2 fully saturated rings. The Kier molecular flexibility index (Phi) is 6.16. The number of hydrogen-bond acceptors (Lipinski definition) is 6. The molecule has 146 valence electrons. The number of piperidine rings is 1. The Balaban J connectivity index is 1.55. The summed E-state index contributed by atoms with van der Waals surface area (Å²) in [6.45, 7) is 7.11. The van der Waals surface area contributed by atoms with Gasteiger partial charge in [0.15, 0.2) is 0 Å². The lowest BCUT2D eigenvalue weighted by Crippen LogP contribution is -2.41. The Morgan fingerprint density at radius 3 is 2.52 bits per heavy atom. The number of hydrogen-bond donors (Lipinski definition) is 0. The van der Waals surface area contributed by atoms with Gasteiger partial charge in [-0.1, -0.05) is 18.6 Å². The van der Waals surface area contributed by atoms with Gasteiger partial charge in [-0.15, -0.1) is 0 Å². The molecule has 1 aromatic carbocycles. The zero-order valence-electron chi connectivity index (χ0n) is 16.0. The molecule has 3 rings (SSSR count). The van der Waals surface area contributed by atoms with E-state index in [0.717, 1.165) is 13.0 Å². The molecule has 2 heterocycles. The van der Waals surface area contributed by atoms with Gasteiger partial charge >= 0.3 is 11.9 Å². The van der Waals surface area contributed by atoms with Crippen molar-refractivity contribution in [2.45, 2.75) is 45.3 Å². The summed E-state index contributed by atoms with van der Waals surface area (Å²) >= 11 is 0. The van der Waals surface area contributed by atoms with E-state index in [4.69, 9.17) is 14.2 Å². The van der Waals surface area contributed by atoms with E-state index in [-0.39, 0.29) is 5.57 Å². The van der Waals surface area contributed by atoms with Crippen molar-refractivity contribution in [3.05, 3.63) is 35.4 Å². The molecule has 0 aliphatic carbocycles. The van der Waals surface area contributed by atoms with E-state index < -0.39 is 17.7 Å². The number of carbonyl (C=O) groups is 2. The topological polar surface area (TPSA) is 65.1 Å². The number of nitrogens with zero attached hydrogens (tertiary/aromatic N) is 1. The predicted octanol–water partition coefficient (Wildman–Crippen LogP) is 3.16. The van der Waals surface area contributed by atoms with Crippen LogP contribution < -0.4 is 4.74 Å². The summed E-state index contributed by atoms with van der Waals surface area (Å²) in [5, 5.41) is 0. The van der Waals surface area contributed by atoms with Crippen molar-refractivity contribution in [3.8, 4) is 5.75 Å². The van der Waals surface area contributed by atoms with Gasteiger partial charge in [-0.25, -0.2) is 9.59 Å². The second-order valence-corrected chi connectivity index (χ2v) is 7.41. The first-order chi connectivity index (χ1) is 12.9.